The average molecular weight is 301 g/mol. The molecule has 7 heteroatoms. The van der Waals surface area contributed by atoms with Gasteiger partial charge in [-0.25, -0.2) is 13.1 Å². The van der Waals surface area contributed by atoms with Crippen LogP contribution in [-0.4, -0.2) is 45.7 Å². The van der Waals surface area contributed by atoms with Gasteiger partial charge in [-0.15, -0.1) is 0 Å². The maximum absolute atomic E-state index is 12.0. The maximum Gasteiger partial charge on any atom is 0.240 e. The van der Waals surface area contributed by atoms with Crippen molar-refractivity contribution in [3.8, 4) is 0 Å². The van der Waals surface area contributed by atoms with E-state index in [1.54, 1.807) is 13.0 Å². The second kappa shape index (κ2) is 7.49. The lowest BCUT2D eigenvalue weighted by Crippen LogP contribution is -2.34. The van der Waals surface area contributed by atoms with Gasteiger partial charge in [-0.1, -0.05) is 19.1 Å². The van der Waals surface area contributed by atoms with Crippen molar-refractivity contribution in [2.24, 2.45) is 0 Å². The molecule has 0 aliphatic heterocycles. The quantitative estimate of drug-likeness (QED) is 0.685. The van der Waals surface area contributed by atoms with Crippen LogP contribution in [0.4, 0.5) is 0 Å². The largest absolute Gasteiger partial charge is 0.389 e. The second-order valence-electron chi connectivity index (χ2n) is 4.27. The maximum atomic E-state index is 12.0. The molecule has 6 nitrogen and oxygen atoms in total. The Hall–Kier alpha value is -1.28. The number of ether oxygens (including phenoxy) is 1. The first-order valence-electron chi connectivity index (χ1n) is 6.20. The second-order valence-corrected chi connectivity index (χ2v) is 6.03. The van der Waals surface area contributed by atoms with Crippen LogP contribution in [0.2, 0.25) is 0 Å². The fourth-order valence-corrected chi connectivity index (χ4v) is 2.70. The standard InChI is InChI=1S/C13H19NO5S/c1-3-13(16)10-5-4-6-12(7-10)20(17,18)14-8-11(15)9-19-2/h4-7,11,14-15H,3,8-9H2,1-2H3. The number of benzene rings is 1. The third-order valence-corrected chi connectivity index (χ3v) is 4.08. The van der Waals surface area contributed by atoms with Gasteiger partial charge in [0.15, 0.2) is 5.78 Å². The predicted octanol–water partition coefficient (Wildman–Crippen LogP) is 0.565. The summed E-state index contributed by atoms with van der Waals surface area (Å²) in [5.74, 6) is -0.124. The molecule has 2 N–H and O–H groups in total. The molecule has 0 fully saturated rings. The average Bonchev–Trinajstić information content (AvgIpc) is 2.45. The minimum absolute atomic E-state index is 0.00131. The van der Waals surface area contributed by atoms with E-state index in [1.807, 2.05) is 0 Å². The molecular weight excluding hydrogens is 282 g/mol. The lowest BCUT2D eigenvalue weighted by molar-refractivity contribution is 0.0679. The Morgan fingerprint density at radius 1 is 1.45 bits per heavy atom. The van der Waals surface area contributed by atoms with Gasteiger partial charge in [0.1, 0.15) is 0 Å². The third-order valence-electron chi connectivity index (χ3n) is 2.66. The summed E-state index contributed by atoms with van der Waals surface area (Å²) in [5.41, 5.74) is 0.354. The molecule has 1 unspecified atom stereocenters. The van der Waals surface area contributed by atoms with Crippen LogP contribution >= 0.6 is 0 Å². The highest BCUT2D eigenvalue weighted by Crippen LogP contribution is 2.13. The highest BCUT2D eigenvalue weighted by Gasteiger charge is 2.17. The number of nitrogens with one attached hydrogen (secondary N) is 1. The number of hydrogen-bond acceptors (Lipinski definition) is 5. The highest BCUT2D eigenvalue weighted by atomic mass is 32.2. The molecule has 1 atom stereocenters. The zero-order valence-electron chi connectivity index (χ0n) is 11.5. The molecule has 0 radical (unpaired) electrons. The van der Waals surface area contributed by atoms with Crippen molar-refractivity contribution in [2.45, 2.75) is 24.3 Å². The number of rotatable bonds is 8. The Bertz CT molecular complexity index is 556. The minimum atomic E-state index is -3.76. The molecule has 0 saturated carbocycles. The number of methoxy groups -OCH3 is 1. The molecule has 0 aliphatic carbocycles. The number of carbonyl (C=O) groups excluding carboxylic acids is 1. The summed E-state index contributed by atoms with van der Waals surface area (Å²) in [6.07, 6.45) is -0.612. The highest BCUT2D eigenvalue weighted by molar-refractivity contribution is 7.89. The smallest absolute Gasteiger partial charge is 0.240 e. The molecule has 0 bridgehead atoms. The molecule has 1 rings (SSSR count). The molecule has 1 aromatic rings. The van der Waals surface area contributed by atoms with Crippen LogP contribution in [0.3, 0.4) is 0 Å². The molecule has 112 valence electrons. The summed E-state index contributed by atoms with van der Waals surface area (Å²) in [5, 5.41) is 9.43. The normalized spacial score (nSPS) is 13.2. The van der Waals surface area contributed by atoms with Crippen LogP contribution in [0.5, 0.6) is 0 Å². The molecule has 0 aliphatic rings. The number of aliphatic hydroxyl groups is 1. The number of ketones is 1. The van der Waals surface area contributed by atoms with E-state index in [0.29, 0.717) is 12.0 Å². The van der Waals surface area contributed by atoms with Crippen molar-refractivity contribution >= 4 is 15.8 Å². The number of hydrogen-bond donors (Lipinski definition) is 2. The molecule has 0 heterocycles. The van der Waals surface area contributed by atoms with E-state index in [1.165, 1.54) is 25.3 Å². The van der Waals surface area contributed by atoms with Gasteiger partial charge in [0.25, 0.3) is 0 Å². The Labute approximate surface area is 118 Å². The van der Waals surface area contributed by atoms with Gasteiger partial charge >= 0.3 is 0 Å². The minimum Gasteiger partial charge on any atom is -0.389 e. The summed E-state index contributed by atoms with van der Waals surface area (Å²) in [6.45, 7) is 1.60. The summed E-state index contributed by atoms with van der Waals surface area (Å²) >= 11 is 0. The Kier molecular flexibility index (Phi) is 6.28. The molecule has 0 spiro atoms. The number of carbonyl (C=O) groups is 1. The SMILES string of the molecule is CCC(=O)c1cccc(S(=O)(=O)NCC(O)COC)c1. The van der Waals surface area contributed by atoms with Gasteiger partial charge in [0.2, 0.25) is 10.0 Å². The predicted molar refractivity (Wildman–Crippen MR) is 74.1 cm³/mol. The van der Waals surface area contributed by atoms with E-state index in [0.717, 1.165) is 0 Å². The van der Waals surface area contributed by atoms with E-state index < -0.39 is 16.1 Å². The van der Waals surface area contributed by atoms with Crippen LogP contribution < -0.4 is 4.72 Å². The van der Waals surface area contributed by atoms with E-state index in [9.17, 15) is 18.3 Å². The monoisotopic (exact) mass is 301 g/mol. The van der Waals surface area contributed by atoms with Gasteiger partial charge in [-0.2, -0.15) is 0 Å². The van der Waals surface area contributed by atoms with E-state index >= 15 is 0 Å². The van der Waals surface area contributed by atoms with Crippen LogP contribution in [0.1, 0.15) is 23.7 Å². The molecule has 1 aromatic carbocycles. The van der Waals surface area contributed by atoms with E-state index in [4.69, 9.17) is 4.74 Å². The van der Waals surface area contributed by atoms with Crippen molar-refractivity contribution in [2.75, 3.05) is 20.3 Å². The zero-order chi connectivity index (χ0) is 15.2. The first kappa shape index (κ1) is 16.8. The molecular formula is C13H19NO5S. The van der Waals surface area contributed by atoms with Gasteiger partial charge in [-0.3, -0.25) is 4.79 Å². The van der Waals surface area contributed by atoms with Crippen molar-refractivity contribution in [1.29, 1.82) is 0 Å². The fraction of sp³-hybridized carbons (Fsp3) is 0.462. The first-order chi connectivity index (χ1) is 9.40. The molecule has 0 amide bonds. The summed E-state index contributed by atoms with van der Waals surface area (Å²) in [4.78, 5) is 11.6. The van der Waals surface area contributed by atoms with E-state index in [-0.39, 0.29) is 23.8 Å². The third kappa shape index (κ3) is 4.68. The van der Waals surface area contributed by atoms with Crippen molar-refractivity contribution in [3.63, 3.8) is 0 Å². The Morgan fingerprint density at radius 3 is 2.75 bits per heavy atom. The van der Waals surface area contributed by atoms with Crippen LogP contribution in [0.25, 0.3) is 0 Å². The lowest BCUT2D eigenvalue weighted by Gasteiger charge is -2.11. The summed E-state index contributed by atoms with van der Waals surface area (Å²) < 4.78 is 31.0. The van der Waals surface area contributed by atoms with Crippen LogP contribution in [0, 0.1) is 0 Å². The van der Waals surface area contributed by atoms with Crippen molar-refractivity contribution in [1.82, 2.24) is 4.72 Å². The van der Waals surface area contributed by atoms with Crippen LogP contribution in [-0.2, 0) is 14.8 Å². The Balaban J connectivity index is 2.85. The fourth-order valence-electron chi connectivity index (χ4n) is 1.58. The summed E-state index contributed by atoms with van der Waals surface area (Å²) in [7, 11) is -2.34. The van der Waals surface area contributed by atoms with Gasteiger partial charge in [0.05, 0.1) is 17.6 Å². The molecule has 20 heavy (non-hydrogen) atoms. The Morgan fingerprint density at radius 2 is 2.15 bits per heavy atom. The van der Waals surface area contributed by atoms with Gasteiger partial charge in [0, 0.05) is 25.6 Å². The van der Waals surface area contributed by atoms with Crippen LogP contribution in [0.15, 0.2) is 29.2 Å². The van der Waals surface area contributed by atoms with Crippen molar-refractivity contribution < 1.29 is 23.1 Å². The molecule has 0 aromatic heterocycles. The number of sulfonamides is 1. The van der Waals surface area contributed by atoms with Gasteiger partial charge in [-0.05, 0) is 12.1 Å². The van der Waals surface area contributed by atoms with Crippen molar-refractivity contribution in [3.05, 3.63) is 29.8 Å². The molecule has 0 saturated heterocycles. The van der Waals surface area contributed by atoms with E-state index in [2.05, 4.69) is 4.72 Å². The topological polar surface area (TPSA) is 92.7 Å². The summed E-state index contributed by atoms with van der Waals surface area (Å²) in [6, 6.07) is 5.82. The zero-order valence-corrected chi connectivity index (χ0v) is 12.3. The lowest BCUT2D eigenvalue weighted by atomic mass is 10.1. The first-order valence-corrected chi connectivity index (χ1v) is 7.69. The van der Waals surface area contributed by atoms with Gasteiger partial charge < -0.3 is 9.84 Å². The number of Topliss-reactive ketones (excluding diaryl/α,β-unsaturated/α-hetero) is 1. The number of aliphatic hydroxyl groups excluding tert-OH is 1.